The molecule has 1 aliphatic heterocycles. The van der Waals surface area contributed by atoms with Crippen molar-refractivity contribution >= 4 is 29.9 Å². The number of rotatable bonds is 6. The van der Waals surface area contributed by atoms with E-state index in [2.05, 4.69) is 57.9 Å². The molecule has 1 aliphatic carbocycles. The average Bonchev–Trinajstić information content (AvgIpc) is 3.46. The quantitative estimate of drug-likeness (QED) is 0.405. The molecule has 1 aromatic rings. The molecule has 1 saturated carbocycles. The molecule has 0 unspecified atom stereocenters. The molecule has 140 valence electrons. The van der Waals surface area contributed by atoms with Crippen LogP contribution in [0, 0.1) is 0 Å². The first-order valence-corrected chi connectivity index (χ1v) is 9.21. The Labute approximate surface area is 169 Å². The smallest absolute Gasteiger partial charge is 0.191 e. The highest BCUT2D eigenvalue weighted by atomic mass is 127. The first-order valence-electron chi connectivity index (χ1n) is 9.21. The number of nitrogens with two attached hydrogens (primary N) is 1. The number of nitrogens with zero attached hydrogens (tertiary/aromatic N) is 4. The summed E-state index contributed by atoms with van der Waals surface area (Å²) in [6.45, 7) is 9.75. The van der Waals surface area contributed by atoms with Crippen molar-refractivity contribution in [2.45, 2.75) is 38.9 Å². The number of piperazine rings is 1. The Morgan fingerprint density at radius 3 is 2.32 bits per heavy atom. The fraction of sp³-hybridized carbons (Fsp3) is 0.632. The minimum absolute atomic E-state index is 0. The number of guanidine groups is 1. The normalized spacial score (nSPS) is 19.5. The van der Waals surface area contributed by atoms with Gasteiger partial charge in [-0.25, -0.2) is 4.99 Å². The lowest BCUT2D eigenvalue weighted by Crippen LogP contribution is -2.45. The van der Waals surface area contributed by atoms with Gasteiger partial charge in [-0.2, -0.15) is 0 Å². The fourth-order valence-corrected chi connectivity index (χ4v) is 3.30. The third-order valence-electron chi connectivity index (χ3n) is 5.29. The van der Waals surface area contributed by atoms with Crippen LogP contribution in [-0.4, -0.2) is 66.5 Å². The highest BCUT2D eigenvalue weighted by molar-refractivity contribution is 14.0. The van der Waals surface area contributed by atoms with Gasteiger partial charge in [0.2, 0.25) is 0 Å². The molecule has 0 amide bonds. The largest absolute Gasteiger partial charge is 0.370 e. The number of likely N-dealkylation sites (N-methyl/N-ethyl adjacent to an activating group) is 1. The maximum absolute atomic E-state index is 6.13. The van der Waals surface area contributed by atoms with Crippen LogP contribution in [0.15, 0.2) is 29.3 Å². The zero-order valence-corrected chi connectivity index (χ0v) is 17.9. The van der Waals surface area contributed by atoms with Gasteiger partial charge in [0.25, 0.3) is 0 Å². The Morgan fingerprint density at radius 2 is 1.72 bits per heavy atom. The van der Waals surface area contributed by atoms with E-state index in [4.69, 9.17) is 5.73 Å². The van der Waals surface area contributed by atoms with Crippen LogP contribution in [0.25, 0.3) is 0 Å². The van der Waals surface area contributed by atoms with E-state index in [-0.39, 0.29) is 24.0 Å². The molecule has 6 heteroatoms. The molecule has 0 spiro atoms. The van der Waals surface area contributed by atoms with E-state index >= 15 is 0 Å². The molecule has 0 radical (unpaired) electrons. The summed E-state index contributed by atoms with van der Waals surface area (Å²) in [5.74, 6) is 0.670. The molecule has 25 heavy (non-hydrogen) atoms. The zero-order chi connectivity index (χ0) is 16.9. The van der Waals surface area contributed by atoms with Crippen LogP contribution in [-0.2, 0) is 13.1 Å². The van der Waals surface area contributed by atoms with Gasteiger partial charge in [-0.05, 0) is 30.5 Å². The van der Waals surface area contributed by atoms with Crippen molar-refractivity contribution in [3.05, 3.63) is 35.4 Å². The Bertz CT molecular complexity index is 565. The van der Waals surface area contributed by atoms with E-state index in [1.54, 1.807) is 0 Å². The molecular weight excluding hydrogens is 425 g/mol. The number of benzene rings is 1. The van der Waals surface area contributed by atoms with Crippen LogP contribution >= 0.6 is 24.0 Å². The van der Waals surface area contributed by atoms with Gasteiger partial charge in [0.1, 0.15) is 0 Å². The second-order valence-corrected chi connectivity index (χ2v) is 7.00. The lowest BCUT2D eigenvalue weighted by molar-refractivity contribution is 0.131. The maximum Gasteiger partial charge on any atom is 0.191 e. The molecule has 3 rings (SSSR count). The molecule has 1 saturated heterocycles. The van der Waals surface area contributed by atoms with Crippen LogP contribution in [0.1, 0.15) is 30.9 Å². The van der Waals surface area contributed by atoms with Crippen molar-refractivity contribution < 1.29 is 0 Å². The van der Waals surface area contributed by atoms with Crippen molar-refractivity contribution in [2.75, 3.05) is 39.8 Å². The summed E-state index contributed by atoms with van der Waals surface area (Å²) < 4.78 is 0. The molecule has 2 N–H and O–H groups in total. The monoisotopic (exact) mass is 457 g/mol. The van der Waals surface area contributed by atoms with Crippen molar-refractivity contribution in [1.29, 1.82) is 0 Å². The molecule has 5 nitrogen and oxygen atoms in total. The lowest BCUT2D eigenvalue weighted by atomic mass is 10.1. The minimum Gasteiger partial charge on any atom is -0.370 e. The van der Waals surface area contributed by atoms with Crippen LogP contribution in [0.4, 0.5) is 0 Å². The second kappa shape index (κ2) is 9.73. The van der Waals surface area contributed by atoms with Crippen LogP contribution < -0.4 is 5.73 Å². The SMILES string of the molecule is CCN1CCN(Cc2ccccc2CN=C(N)N(C)C2CC2)CC1.I. The van der Waals surface area contributed by atoms with E-state index in [0.717, 1.165) is 26.2 Å². The standard InChI is InChI=1S/C19H31N5.HI/c1-3-23-10-12-24(13-11-23)15-17-7-5-4-6-16(17)14-21-19(20)22(2)18-8-9-18;/h4-7,18H,3,8-15H2,1-2H3,(H2,20,21);1H. The summed E-state index contributed by atoms with van der Waals surface area (Å²) in [5, 5.41) is 0. The van der Waals surface area contributed by atoms with Gasteiger partial charge in [-0.3, -0.25) is 4.90 Å². The minimum atomic E-state index is 0. The highest BCUT2D eigenvalue weighted by Gasteiger charge is 2.27. The molecule has 1 heterocycles. The van der Waals surface area contributed by atoms with Gasteiger partial charge in [-0.15, -0.1) is 24.0 Å². The summed E-state index contributed by atoms with van der Waals surface area (Å²) in [6, 6.07) is 9.26. The van der Waals surface area contributed by atoms with Crippen LogP contribution in [0.5, 0.6) is 0 Å². The number of hydrogen-bond acceptors (Lipinski definition) is 3. The fourth-order valence-electron chi connectivity index (χ4n) is 3.30. The number of aliphatic imine (C=N–C) groups is 1. The predicted molar refractivity (Wildman–Crippen MR) is 115 cm³/mol. The van der Waals surface area contributed by atoms with Crippen molar-refractivity contribution in [3.8, 4) is 0 Å². The van der Waals surface area contributed by atoms with Gasteiger partial charge in [0, 0.05) is 45.8 Å². The van der Waals surface area contributed by atoms with Gasteiger partial charge >= 0.3 is 0 Å². The van der Waals surface area contributed by atoms with Crippen molar-refractivity contribution in [2.24, 2.45) is 10.7 Å². The zero-order valence-electron chi connectivity index (χ0n) is 15.5. The summed E-state index contributed by atoms with van der Waals surface area (Å²) in [5.41, 5.74) is 8.81. The topological polar surface area (TPSA) is 48.1 Å². The number of halogens is 1. The molecular formula is C19H32IN5. The third kappa shape index (κ3) is 5.82. The van der Waals surface area contributed by atoms with Crippen molar-refractivity contribution in [1.82, 2.24) is 14.7 Å². The molecule has 2 fully saturated rings. The Balaban J connectivity index is 0.00000225. The maximum atomic E-state index is 6.13. The van der Waals surface area contributed by atoms with E-state index in [9.17, 15) is 0 Å². The van der Waals surface area contributed by atoms with Crippen LogP contribution in [0.2, 0.25) is 0 Å². The second-order valence-electron chi connectivity index (χ2n) is 7.00. The van der Waals surface area contributed by atoms with E-state index in [1.807, 2.05) is 0 Å². The Morgan fingerprint density at radius 1 is 1.12 bits per heavy atom. The molecule has 0 atom stereocenters. The highest BCUT2D eigenvalue weighted by Crippen LogP contribution is 2.25. The van der Waals surface area contributed by atoms with Gasteiger partial charge < -0.3 is 15.5 Å². The van der Waals surface area contributed by atoms with E-state index < -0.39 is 0 Å². The number of hydrogen-bond donors (Lipinski definition) is 1. The molecule has 1 aromatic carbocycles. The lowest BCUT2D eigenvalue weighted by Gasteiger charge is -2.34. The van der Waals surface area contributed by atoms with Gasteiger partial charge in [-0.1, -0.05) is 31.2 Å². The molecule has 0 aromatic heterocycles. The van der Waals surface area contributed by atoms with Gasteiger partial charge in [0.15, 0.2) is 5.96 Å². The first kappa shape index (κ1) is 20.5. The van der Waals surface area contributed by atoms with E-state index in [1.165, 1.54) is 37.1 Å². The third-order valence-corrected chi connectivity index (χ3v) is 5.29. The van der Waals surface area contributed by atoms with E-state index in [0.29, 0.717) is 18.5 Å². The summed E-state index contributed by atoms with van der Waals surface area (Å²) in [7, 11) is 2.05. The summed E-state index contributed by atoms with van der Waals surface area (Å²) in [6.07, 6.45) is 2.49. The summed E-state index contributed by atoms with van der Waals surface area (Å²) >= 11 is 0. The summed E-state index contributed by atoms with van der Waals surface area (Å²) in [4.78, 5) is 11.8. The van der Waals surface area contributed by atoms with Crippen LogP contribution in [0.3, 0.4) is 0 Å². The Kier molecular flexibility index (Phi) is 7.96. The van der Waals surface area contributed by atoms with Gasteiger partial charge in [0.05, 0.1) is 6.54 Å². The molecule has 2 aliphatic rings. The van der Waals surface area contributed by atoms with Crippen molar-refractivity contribution in [3.63, 3.8) is 0 Å². The first-order chi connectivity index (χ1) is 11.7. The molecule has 0 bridgehead atoms. The Hall–Kier alpha value is -0.860. The predicted octanol–water partition coefficient (Wildman–Crippen LogP) is 2.35. The average molecular weight is 457 g/mol.